The maximum Gasteiger partial charge on any atom is 0.119 e. The Bertz CT molecular complexity index is 404. The normalized spacial score (nSPS) is 13.2. The van der Waals surface area contributed by atoms with Gasteiger partial charge in [-0.2, -0.15) is 0 Å². The molecule has 0 heterocycles. The lowest BCUT2D eigenvalue weighted by Gasteiger charge is -2.19. The van der Waals surface area contributed by atoms with Gasteiger partial charge >= 0.3 is 0 Å². The lowest BCUT2D eigenvalue weighted by molar-refractivity contribution is -0.0517. The predicted octanol–water partition coefficient (Wildman–Crippen LogP) is 1.72. The minimum Gasteiger partial charge on any atom is -0.491 e. The molecule has 120 valence electrons. The molecule has 0 spiro atoms. The van der Waals surface area contributed by atoms with Gasteiger partial charge < -0.3 is 25.1 Å². The van der Waals surface area contributed by atoms with E-state index in [2.05, 4.69) is 0 Å². The second-order valence-corrected chi connectivity index (χ2v) is 5.85. The molecule has 1 unspecified atom stereocenters. The van der Waals surface area contributed by atoms with E-state index in [9.17, 15) is 5.11 Å². The zero-order valence-electron chi connectivity index (χ0n) is 13.2. The third-order valence-corrected chi connectivity index (χ3v) is 2.65. The molecule has 0 aliphatic rings. The zero-order valence-corrected chi connectivity index (χ0v) is 13.2. The molecule has 3 N–H and O–H groups in total. The third-order valence-electron chi connectivity index (χ3n) is 2.65. The molecular formula is C16H27NO4. The minimum atomic E-state index is -0.666. The van der Waals surface area contributed by atoms with Crippen LogP contribution in [0.3, 0.4) is 0 Å². The Kier molecular flexibility index (Phi) is 7.67. The smallest absolute Gasteiger partial charge is 0.119 e. The highest BCUT2D eigenvalue weighted by Crippen LogP contribution is 2.13. The Labute approximate surface area is 127 Å². The van der Waals surface area contributed by atoms with Gasteiger partial charge in [0, 0.05) is 6.54 Å². The van der Waals surface area contributed by atoms with Crippen LogP contribution >= 0.6 is 0 Å². The summed E-state index contributed by atoms with van der Waals surface area (Å²) in [5.41, 5.74) is 6.39. The van der Waals surface area contributed by atoms with Crippen molar-refractivity contribution in [2.45, 2.75) is 39.0 Å². The molecule has 1 rings (SSSR count). The van der Waals surface area contributed by atoms with Crippen molar-refractivity contribution >= 4 is 0 Å². The van der Waals surface area contributed by atoms with E-state index in [0.717, 1.165) is 5.56 Å². The summed E-state index contributed by atoms with van der Waals surface area (Å²) in [6, 6.07) is 7.51. The van der Waals surface area contributed by atoms with Gasteiger partial charge in [0.15, 0.2) is 0 Å². The van der Waals surface area contributed by atoms with E-state index in [1.54, 1.807) is 0 Å². The standard InChI is InChI=1S/C16H27NO4/c1-16(2,3)21-8-7-19-11-14(18)12-20-15-6-4-5-13(9-15)10-17/h4-6,9,14,18H,7-8,10-12,17H2,1-3H3. The molecule has 0 radical (unpaired) electrons. The van der Waals surface area contributed by atoms with Gasteiger partial charge in [0.2, 0.25) is 0 Å². The van der Waals surface area contributed by atoms with Crippen LogP contribution in [0.1, 0.15) is 26.3 Å². The van der Waals surface area contributed by atoms with E-state index in [1.807, 2.05) is 45.0 Å². The summed E-state index contributed by atoms with van der Waals surface area (Å²) in [6.45, 7) is 7.82. The van der Waals surface area contributed by atoms with Gasteiger partial charge in [-0.05, 0) is 38.5 Å². The molecular weight excluding hydrogens is 270 g/mol. The average molecular weight is 297 g/mol. The molecule has 0 bridgehead atoms. The number of aliphatic hydroxyl groups excluding tert-OH is 1. The molecule has 0 aromatic heterocycles. The highest BCUT2D eigenvalue weighted by atomic mass is 16.5. The SMILES string of the molecule is CC(C)(C)OCCOCC(O)COc1cccc(CN)c1. The van der Waals surface area contributed by atoms with E-state index in [0.29, 0.717) is 25.5 Å². The summed E-state index contributed by atoms with van der Waals surface area (Å²) >= 11 is 0. The molecule has 0 aliphatic carbocycles. The highest BCUT2D eigenvalue weighted by molar-refractivity contribution is 5.28. The number of benzene rings is 1. The fourth-order valence-electron chi connectivity index (χ4n) is 1.63. The summed E-state index contributed by atoms with van der Waals surface area (Å²) in [5, 5.41) is 9.78. The Balaban J connectivity index is 2.14. The van der Waals surface area contributed by atoms with Gasteiger partial charge in [-0.25, -0.2) is 0 Å². The van der Waals surface area contributed by atoms with Crippen molar-refractivity contribution in [2.24, 2.45) is 5.73 Å². The summed E-state index contributed by atoms with van der Waals surface area (Å²) in [5.74, 6) is 0.702. The number of hydrogen-bond donors (Lipinski definition) is 2. The zero-order chi connectivity index (χ0) is 15.7. The first-order valence-corrected chi connectivity index (χ1v) is 7.22. The maximum absolute atomic E-state index is 9.78. The van der Waals surface area contributed by atoms with Gasteiger partial charge in [0.05, 0.1) is 25.4 Å². The van der Waals surface area contributed by atoms with Crippen molar-refractivity contribution in [3.8, 4) is 5.75 Å². The van der Waals surface area contributed by atoms with Crippen LogP contribution in [0.2, 0.25) is 0 Å². The van der Waals surface area contributed by atoms with Crippen molar-refractivity contribution in [2.75, 3.05) is 26.4 Å². The Morgan fingerprint density at radius 3 is 2.62 bits per heavy atom. The monoisotopic (exact) mass is 297 g/mol. The van der Waals surface area contributed by atoms with Crippen molar-refractivity contribution in [3.05, 3.63) is 29.8 Å². The molecule has 1 aromatic carbocycles. The number of aliphatic hydroxyl groups is 1. The molecule has 1 aromatic rings. The van der Waals surface area contributed by atoms with Crippen molar-refractivity contribution in [1.29, 1.82) is 0 Å². The first-order valence-electron chi connectivity index (χ1n) is 7.22. The highest BCUT2D eigenvalue weighted by Gasteiger charge is 2.10. The van der Waals surface area contributed by atoms with E-state index >= 15 is 0 Å². The van der Waals surface area contributed by atoms with Crippen LogP contribution in [-0.2, 0) is 16.0 Å². The van der Waals surface area contributed by atoms with Crippen molar-refractivity contribution in [1.82, 2.24) is 0 Å². The van der Waals surface area contributed by atoms with Gasteiger partial charge in [-0.1, -0.05) is 12.1 Å². The second kappa shape index (κ2) is 9.00. The molecule has 0 saturated carbocycles. The van der Waals surface area contributed by atoms with Crippen LogP contribution in [0.15, 0.2) is 24.3 Å². The van der Waals surface area contributed by atoms with Gasteiger partial charge in [0.1, 0.15) is 18.5 Å². The fraction of sp³-hybridized carbons (Fsp3) is 0.625. The Hall–Kier alpha value is -1.14. The number of hydrogen-bond acceptors (Lipinski definition) is 5. The van der Waals surface area contributed by atoms with E-state index in [4.69, 9.17) is 19.9 Å². The minimum absolute atomic E-state index is 0.168. The van der Waals surface area contributed by atoms with E-state index in [1.165, 1.54) is 0 Å². The molecule has 0 amide bonds. The molecule has 5 nitrogen and oxygen atoms in total. The summed E-state index contributed by atoms with van der Waals surface area (Å²) in [7, 11) is 0. The van der Waals surface area contributed by atoms with Crippen LogP contribution in [-0.4, -0.2) is 43.2 Å². The van der Waals surface area contributed by atoms with E-state index < -0.39 is 6.10 Å². The average Bonchev–Trinajstić information content (AvgIpc) is 2.44. The Morgan fingerprint density at radius 2 is 1.95 bits per heavy atom. The van der Waals surface area contributed by atoms with Crippen LogP contribution in [0.5, 0.6) is 5.75 Å². The lowest BCUT2D eigenvalue weighted by Crippen LogP contribution is -2.26. The fourth-order valence-corrected chi connectivity index (χ4v) is 1.63. The van der Waals surface area contributed by atoms with Crippen molar-refractivity contribution in [3.63, 3.8) is 0 Å². The first-order chi connectivity index (χ1) is 9.90. The summed E-state index contributed by atoms with van der Waals surface area (Å²) in [4.78, 5) is 0. The molecule has 5 heteroatoms. The van der Waals surface area contributed by atoms with Crippen LogP contribution in [0, 0.1) is 0 Å². The van der Waals surface area contributed by atoms with Crippen molar-refractivity contribution < 1.29 is 19.3 Å². The topological polar surface area (TPSA) is 73.9 Å². The van der Waals surface area contributed by atoms with Gasteiger partial charge in [-0.15, -0.1) is 0 Å². The summed E-state index contributed by atoms with van der Waals surface area (Å²) < 4.78 is 16.4. The predicted molar refractivity (Wildman–Crippen MR) is 82.4 cm³/mol. The number of nitrogens with two attached hydrogens (primary N) is 1. The van der Waals surface area contributed by atoms with Crippen LogP contribution in [0.25, 0.3) is 0 Å². The lowest BCUT2D eigenvalue weighted by atomic mass is 10.2. The molecule has 0 aliphatic heterocycles. The second-order valence-electron chi connectivity index (χ2n) is 5.85. The van der Waals surface area contributed by atoms with Crippen LogP contribution < -0.4 is 10.5 Å². The Morgan fingerprint density at radius 1 is 1.19 bits per heavy atom. The number of rotatable bonds is 9. The maximum atomic E-state index is 9.78. The van der Waals surface area contributed by atoms with Gasteiger partial charge in [0.25, 0.3) is 0 Å². The number of ether oxygens (including phenoxy) is 3. The van der Waals surface area contributed by atoms with Crippen LogP contribution in [0.4, 0.5) is 0 Å². The first kappa shape index (κ1) is 17.9. The third kappa shape index (κ3) is 8.67. The largest absolute Gasteiger partial charge is 0.491 e. The molecule has 21 heavy (non-hydrogen) atoms. The van der Waals surface area contributed by atoms with Gasteiger partial charge in [-0.3, -0.25) is 0 Å². The molecule has 0 saturated heterocycles. The summed E-state index contributed by atoms with van der Waals surface area (Å²) in [6.07, 6.45) is -0.666. The molecule has 1 atom stereocenters. The quantitative estimate of drug-likeness (QED) is 0.679. The molecule has 0 fully saturated rings. The van der Waals surface area contributed by atoms with E-state index in [-0.39, 0.29) is 18.8 Å².